The molecular weight excluding hydrogens is 299 g/mol. The number of likely N-dealkylation sites (N-methyl/N-ethyl adjacent to an activating group) is 1. The molecule has 1 fully saturated rings. The van der Waals surface area contributed by atoms with Crippen LogP contribution < -0.4 is 0 Å². The van der Waals surface area contributed by atoms with Crippen molar-refractivity contribution in [2.45, 2.75) is 13.0 Å². The van der Waals surface area contributed by atoms with Crippen LogP contribution in [0.25, 0.3) is 0 Å². The van der Waals surface area contributed by atoms with Crippen LogP contribution in [-0.2, 0) is 0 Å². The average Bonchev–Trinajstić information content (AvgIpc) is 2.32. The first-order chi connectivity index (χ1) is 8.50. The third-order valence-corrected chi connectivity index (χ3v) is 3.89. The first-order valence-electron chi connectivity index (χ1n) is 5.94. The highest BCUT2D eigenvalue weighted by Crippen LogP contribution is 2.21. The number of rotatable bonds is 1. The van der Waals surface area contributed by atoms with Gasteiger partial charge < -0.3 is 9.80 Å². The Bertz CT molecular complexity index is 466. The van der Waals surface area contributed by atoms with E-state index in [0.29, 0.717) is 11.0 Å². The Morgan fingerprint density at radius 1 is 1.44 bits per heavy atom. The first-order valence-corrected chi connectivity index (χ1v) is 6.73. The first kappa shape index (κ1) is 13.5. The summed E-state index contributed by atoms with van der Waals surface area (Å²) in [6.07, 6.45) is 0. The minimum absolute atomic E-state index is 0.106. The second kappa shape index (κ2) is 5.36. The van der Waals surface area contributed by atoms with Crippen molar-refractivity contribution >= 4 is 21.8 Å². The van der Waals surface area contributed by atoms with E-state index in [1.54, 1.807) is 17.0 Å². The highest BCUT2D eigenvalue weighted by atomic mass is 79.9. The molecule has 1 aromatic carbocycles. The van der Waals surface area contributed by atoms with Crippen molar-refractivity contribution < 1.29 is 9.18 Å². The van der Waals surface area contributed by atoms with Crippen molar-refractivity contribution in [2.24, 2.45) is 0 Å². The third kappa shape index (κ3) is 2.57. The molecule has 1 aliphatic rings. The van der Waals surface area contributed by atoms with Gasteiger partial charge in [-0.1, -0.05) is 6.07 Å². The van der Waals surface area contributed by atoms with Crippen LogP contribution in [-0.4, -0.2) is 48.4 Å². The Morgan fingerprint density at radius 3 is 2.83 bits per heavy atom. The minimum atomic E-state index is -0.478. The van der Waals surface area contributed by atoms with Crippen LogP contribution in [0.3, 0.4) is 0 Å². The predicted octanol–water partition coefficient (Wildman–Crippen LogP) is 2.36. The van der Waals surface area contributed by atoms with Crippen LogP contribution in [0.1, 0.15) is 17.3 Å². The van der Waals surface area contributed by atoms with E-state index in [0.717, 1.165) is 13.1 Å². The van der Waals surface area contributed by atoms with E-state index < -0.39 is 5.82 Å². The summed E-state index contributed by atoms with van der Waals surface area (Å²) < 4.78 is 14.2. The normalized spacial score (nSPS) is 21.1. The molecule has 18 heavy (non-hydrogen) atoms. The van der Waals surface area contributed by atoms with Crippen molar-refractivity contribution in [1.29, 1.82) is 0 Å². The summed E-state index contributed by atoms with van der Waals surface area (Å²) in [6, 6.07) is 4.92. The van der Waals surface area contributed by atoms with Crippen LogP contribution in [0.2, 0.25) is 0 Å². The van der Waals surface area contributed by atoms with E-state index in [1.165, 1.54) is 6.07 Å². The monoisotopic (exact) mass is 314 g/mol. The van der Waals surface area contributed by atoms with Gasteiger partial charge in [0.05, 0.1) is 10.0 Å². The Balaban J connectivity index is 2.23. The molecule has 1 atom stereocenters. The molecule has 0 radical (unpaired) electrons. The van der Waals surface area contributed by atoms with Crippen LogP contribution in [0.5, 0.6) is 0 Å². The molecule has 1 aliphatic heterocycles. The number of hydrogen-bond donors (Lipinski definition) is 0. The minimum Gasteiger partial charge on any atom is -0.333 e. The maximum Gasteiger partial charge on any atom is 0.257 e. The summed E-state index contributed by atoms with van der Waals surface area (Å²) in [7, 11) is 2.03. The number of piperazine rings is 1. The Kier molecular flexibility index (Phi) is 4.02. The average molecular weight is 315 g/mol. The van der Waals surface area contributed by atoms with Gasteiger partial charge in [-0.05, 0) is 42.0 Å². The lowest BCUT2D eigenvalue weighted by Gasteiger charge is -2.38. The lowest BCUT2D eigenvalue weighted by atomic mass is 10.1. The molecule has 0 spiro atoms. The second-order valence-corrected chi connectivity index (χ2v) is 5.57. The topological polar surface area (TPSA) is 23.6 Å². The maximum absolute atomic E-state index is 13.9. The van der Waals surface area contributed by atoms with Crippen molar-refractivity contribution in [2.75, 3.05) is 26.7 Å². The predicted molar refractivity (Wildman–Crippen MR) is 72.1 cm³/mol. The molecule has 1 unspecified atom stereocenters. The Labute approximate surface area is 115 Å². The van der Waals surface area contributed by atoms with Crippen LogP contribution in [0.15, 0.2) is 22.7 Å². The molecule has 1 aromatic rings. The van der Waals surface area contributed by atoms with Gasteiger partial charge in [0.1, 0.15) is 5.82 Å². The molecule has 98 valence electrons. The summed E-state index contributed by atoms with van der Waals surface area (Å²) in [5, 5.41) is 0. The van der Waals surface area contributed by atoms with Gasteiger partial charge >= 0.3 is 0 Å². The van der Waals surface area contributed by atoms with Crippen molar-refractivity contribution in [3.05, 3.63) is 34.1 Å². The van der Waals surface area contributed by atoms with Gasteiger partial charge in [-0.2, -0.15) is 0 Å². The van der Waals surface area contributed by atoms with Crippen LogP contribution >= 0.6 is 15.9 Å². The highest BCUT2D eigenvalue weighted by Gasteiger charge is 2.28. The number of hydrogen-bond acceptors (Lipinski definition) is 2. The number of halogens is 2. The van der Waals surface area contributed by atoms with Crippen LogP contribution in [0, 0.1) is 5.82 Å². The lowest BCUT2D eigenvalue weighted by Crippen LogP contribution is -2.52. The summed E-state index contributed by atoms with van der Waals surface area (Å²) in [4.78, 5) is 16.2. The van der Waals surface area contributed by atoms with Gasteiger partial charge in [-0.25, -0.2) is 4.39 Å². The molecule has 1 heterocycles. The second-order valence-electron chi connectivity index (χ2n) is 4.71. The van der Waals surface area contributed by atoms with Gasteiger partial charge in [-0.15, -0.1) is 0 Å². The molecule has 2 rings (SSSR count). The molecule has 0 aliphatic carbocycles. The molecule has 0 aromatic heterocycles. The Morgan fingerprint density at radius 2 is 2.17 bits per heavy atom. The lowest BCUT2D eigenvalue weighted by molar-refractivity contribution is 0.0529. The fourth-order valence-corrected chi connectivity index (χ4v) is 2.63. The zero-order chi connectivity index (χ0) is 13.3. The van der Waals surface area contributed by atoms with Crippen molar-refractivity contribution in [3.63, 3.8) is 0 Å². The molecule has 0 bridgehead atoms. The number of benzene rings is 1. The fourth-order valence-electron chi connectivity index (χ4n) is 2.27. The highest BCUT2D eigenvalue weighted by molar-refractivity contribution is 9.10. The van der Waals surface area contributed by atoms with Crippen molar-refractivity contribution in [3.8, 4) is 0 Å². The zero-order valence-electron chi connectivity index (χ0n) is 10.5. The summed E-state index contributed by atoms with van der Waals surface area (Å²) in [5.74, 6) is -0.706. The van der Waals surface area contributed by atoms with Gasteiger partial charge in [0.25, 0.3) is 5.91 Å². The third-order valence-electron chi connectivity index (χ3n) is 3.27. The van der Waals surface area contributed by atoms with E-state index in [9.17, 15) is 9.18 Å². The van der Waals surface area contributed by atoms with E-state index in [2.05, 4.69) is 20.8 Å². The summed E-state index contributed by atoms with van der Waals surface area (Å²) in [5.41, 5.74) is 0.140. The number of amides is 1. The molecule has 0 N–H and O–H groups in total. The van der Waals surface area contributed by atoms with Crippen molar-refractivity contribution in [1.82, 2.24) is 9.80 Å². The largest absolute Gasteiger partial charge is 0.333 e. The Hall–Kier alpha value is -0.940. The van der Waals surface area contributed by atoms with Crippen LogP contribution in [0.4, 0.5) is 4.39 Å². The fraction of sp³-hybridized carbons (Fsp3) is 0.462. The van der Waals surface area contributed by atoms with E-state index in [1.807, 2.05) is 14.0 Å². The van der Waals surface area contributed by atoms with E-state index >= 15 is 0 Å². The van der Waals surface area contributed by atoms with Gasteiger partial charge in [0.15, 0.2) is 0 Å². The standard InChI is InChI=1S/C13H16BrFN2O/c1-9-8-16(2)6-7-17(9)13(18)10-4-3-5-11(14)12(10)15/h3-5,9H,6-8H2,1-2H3. The van der Waals surface area contributed by atoms with E-state index in [-0.39, 0.29) is 17.5 Å². The zero-order valence-corrected chi connectivity index (χ0v) is 12.1. The quantitative estimate of drug-likeness (QED) is 0.794. The van der Waals surface area contributed by atoms with E-state index in [4.69, 9.17) is 0 Å². The number of nitrogens with zero attached hydrogens (tertiary/aromatic N) is 2. The number of carbonyl (C=O) groups is 1. The summed E-state index contributed by atoms with van der Waals surface area (Å²) in [6.45, 7) is 4.28. The molecule has 0 saturated carbocycles. The molecule has 5 heteroatoms. The molecular formula is C13H16BrFN2O. The molecule has 1 amide bonds. The summed E-state index contributed by atoms with van der Waals surface area (Å²) >= 11 is 3.11. The molecule has 3 nitrogen and oxygen atoms in total. The number of carbonyl (C=O) groups excluding carboxylic acids is 1. The maximum atomic E-state index is 13.9. The van der Waals surface area contributed by atoms with Gasteiger partial charge in [-0.3, -0.25) is 4.79 Å². The molecule has 1 saturated heterocycles. The van der Waals surface area contributed by atoms with Gasteiger partial charge in [0, 0.05) is 25.7 Å². The SMILES string of the molecule is CC1CN(C)CCN1C(=O)c1cccc(Br)c1F. The van der Waals surface area contributed by atoms with Gasteiger partial charge in [0.2, 0.25) is 0 Å². The smallest absolute Gasteiger partial charge is 0.257 e.